The molecule has 1 saturated heterocycles. The van der Waals surface area contributed by atoms with E-state index in [-0.39, 0.29) is 17.4 Å². The third-order valence-electron chi connectivity index (χ3n) is 6.24. The normalized spacial score (nSPS) is 14.0. The number of methoxy groups -OCH3 is 1. The Morgan fingerprint density at radius 3 is 2.17 bits per heavy atom. The van der Waals surface area contributed by atoms with Crippen LogP contribution >= 0.6 is 11.8 Å². The van der Waals surface area contributed by atoms with Gasteiger partial charge in [-0.3, -0.25) is 24.1 Å². The minimum absolute atomic E-state index is 0.0196. The molecule has 2 N–H and O–H groups in total. The molecule has 3 aromatic carbocycles. The van der Waals surface area contributed by atoms with E-state index < -0.39 is 29.6 Å². The average Bonchev–Trinajstić information content (AvgIpc) is 3.44. The quantitative estimate of drug-likeness (QED) is 0.232. The largest absolute Gasteiger partial charge is 0.465 e. The number of anilines is 2. The van der Waals surface area contributed by atoms with Crippen LogP contribution in [-0.2, 0) is 25.7 Å². The highest BCUT2D eigenvalue weighted by molar-refractivity contribution is 8.18. The lowest BCUT2D eigenvalue weighted by molar-refractivity contribution is -0.127. The summed E-state index contributed by atoms with van der Waals surface area (Å²) in [6, 6.07) is 22.5. The second kappa shape index (κ2) is 11.9. The molecule has 0 bridgehead atoms. The predicted molar refractivity (Wildman–Crippen MR) is 156 cm³/mol. The van der Waals surface area contributed by atoms with E-state index in [9.17, 15) is 24.0 Å². The van der Waals surface area contributed by atoms with Crippen LogP contribution in [0.4, 0.5) is 16.2 Å². The molecule has 206 valence electrons. The zero-order valence-electron chi connectivity index (χ0n) is 21.8. The molecule has 4 amide bonds. The fraction of sp³-hybridized carbons (Fsp3) is 0.100. The molecule has 1 fully saturated rings. The Hall–Kier alpha value is -5.16. The Kier molecular flexibility index (Phi) is 7.97. The van der Waals surface area contributed by atoms with Crippen LogP contribution in [0.1, 0.15) is 15.9 Å². The van der Waals surface area contributed by atoms with Gasteiger partial charge in [0.05, 0.1) is 17.6 Å². The number of rotatable bonds is 8. The number of imide groups is 1. The van der Waals surface area contributed by atoms with Crippen molar-refractivity contribution in [1.82, 2.24) is 9.47 Å². The number of esters is 1. The zero-order valence-corrected chi connectivity index (χ0v) is 22.6. The molecule has 0 saturated carbocycles. The lowest BCUT2D eigenvalue weighted by Gasteiger charge is -2.12. The highest BCUT2D eigenvalue weighted by Gasteiger charge is 2.36. The number of nitrogens with zero attached hydrogens (tertiary/aromatic N) is 2. The number of benzene rings is 3. The molecule has 0 unspecified atom stereocenters. The summed E-state index contributed by atoms with van der Waals surface area (Å²) in [4.78, 5) is 63.7. The van der Waals surface area contributed by atoms with Gasteiger partial charge in [-0.1, -0.05) is 36.4 Å². The van der Waals surface area contributed by atoms with Crippen LogP contribution in [0.5, 0.6) is 0 Å². The number of carbonyl (C=O) groups is 5. The molecule has 41 heavy (non-hydrogen) atoms. The zero-order chi connectivity index (χ0) is 28.9. The molecule has 2 heterocycles. The number of hydrogen-bond acceptors (Lipinski definition) is 7. The smallest absolute Gasteiger partial charge is 0.337 e. The second-order valence-electron chi connectivity index (χ2n) is 9.03. The van der Waals surface area contributed by atoms with Crippen LogP contribution in [0, 0.1) is 0 Å². The van der Waals surface area contributed by atoms with Gasteiger partial charge in [-0.2, -0.15) is 0 Å². The minimum atomic E-state index is -0.562. The van der Waals surface area contributed by atoms with Crippen molar-refractivity contribution in [3.8, 4) is 0 Å². The summed E-state index contributed by atoms with van der Waals surface area (Å²) in [5.41, 5.74) is 2.86. The van der Waals surface area contributed by atoms with Crippen molar-refractivity contribution in [1.29, 1.82) is 0 Å². The molecule has 5 rings (SSSR count). The predicted octanol–water partition coefficient (Wildman–Crippen LogP) is 4.74. The van der Waals surface area contributed by atoms with Gasteiger partial charge in [0.25, 0.3) is 11.1 Å². The number of aromatic nitrogens is 1. The van der Waals surface area contributed by atoms with Gasteiger partial charge in [0, 0.05) is 34.0 Å². The van der Waals surface area contributed by atoms with Crippen LogP contribution in [0.15, 0.2) is 90.0 Å². The molecule has 0 spiro atoms. The van der Waals surface area contributed by atoms with Crippen molar-refractivity contribution >= 4 is 69.0 Å². The first-order valence-corrected chi connectivity index (χ1v) is 13.3. The van der Waals surface area contributed by atoms with Gasteiger partial charge in [-0.25, -0.2) is 4.79 Å². The van der Waals surface area contributed by atoms with E-state index in [1.807, 2.05) is 30.3 Å². The Morgan fingerprint density at radius 2 is 1.46 bits per heavy atom. The summed E-state index contributed by atoms with van der Waals surface area (Å²) in [6.07, 6.45) is 3.34. The molecule has 10 nitrogen and oxygen atoms in total. The first-order valence-electron chi connectivity index (χ1n) is 12.5. The van der Waals surface area contributed by atoms with Crippen molar-refractivity contribution in [3.05, 3.63) is 101 Å². The summed E-state index contributed by atoms with van der Waals surface area (Å²) >= 11 is 0.760. The van der Waals surface area contributed by atoms with E-state index in [1.165, 1.54) is 7.11 Å². The van der Waals surface area contributed by atoms with Crippen molar-refractivity contribution in [3.63, 3.8) is 0 Å². The summed E-state index contributed by atoms with van der Waals surface area (Å²) in [7, 11) is 1.30. The van der Waals surface area contributed by atoms with Gasteiger partial charge < -0.3 is 19.9 Å². The Morgan fingerprint density at radius 1 is 0.829 bits per heavy atom. The fourth-order valence-electron chi connectivity index (χ4n) is 4.33. The number of carbonyl (C=O) groups excluding carboxylic acids is 5. The molecule has 4 aromatic rings. The van der Waals surface area contributed by atoms with Gasteiger partial charge in [0.15, 0.2) is 0 Å². The van der Waals surface area contributed by atoms with Gasteiger partial charge in [-0.15, -0.1) is 0 Å². The lowest BCUT2D eigenvalue weighted by Crippen LogP contribution is -2.36. The molecule has 11 heteroatoms. The van der Waals surface area contributed by atoms with Gasteiger partial charge in [-0.05, 0) is 60.3 Å². The average molecular weight is 569 g/mol. The minimum Gasteiger partial charge on any atom is -0.465 e. The van der Waals surface area contributed by atoms with Crippen molar-refractivity contribution in [2.24, 2.45) is 0 Å². The van der Waals surface area contributed by atoms with Gasteiger partial charge >= 0.3 is 5.97 Å². The second-order valence-corrected chi connectivity index (χ2v) is 10.0. The maximum Gasteiger partial charge on any atom is 0.337 e. The molecular weight excluding hydrogens is 544 g/mol. The number of amides is 4. The molecular formula is C30H24N4O6S. The molecule has 1 aliphatic rings. The number of para-hydroxylation sites is 2. The number of hydrogen-bond donors (Lipinski definition) is 2. The van der Waals surface area contributed by atoms with Gasteiger partial charge in [0.2, 0.25) is 11.8 Å². The van der Waals surface area contributed by atoms with E-state index in [4.69, 9.17) is 0 Å². The first kappa shape index (κ1) is 27.4. The Balaban J connectivity index is 1.31. The summed E-state index contributed by atoms with van der Waals surface area (Å²) in [6.45, 7) is -0.423. The van der Waals surface area contributed by atoms with Crippen LogP contribution in [0.2, 0.25) is 0 Å². The van der Waals surface area contributed by atoms with E-state index in [2.05, 4.69) is 15.4 Å². The number of thioether (sulfide) groups is 1. The van der Waals surface area contributed by atoms with Crippen molar-refractivity contribution < 1.29 is 28.7 Å². The maximum absolute atomic E-state index is 13.1. The third-order valence-corrected chi connectivity index (χ3v) is 7.15. The van der Waals surface area contributed by atoms with Crippen LogP contribution < -0.4 is 10.6 Å². The molecule has 1 aliphatic heterocycles. The maximum atomic E-state index is 13.1. The van der Waals surface area contributed by atoms with E-state index in [0.29, 0.717) is 22.5 Å². The number of fused-ring (bicyclic) bond motifs is 1. The van der Waals surface area contributed by atoms with Crippen LogP contribution in [-0.4, -0.2) is 52.1 Å². The summed E-state index contributed by atoms with van der Waals surface area (Å²) in [5.74, 6) is -1.81. The third kappa shape index (κ3) is 6.20. The Labute approximate surface area is 239 Å². The first-order chi connectivity index (χ1) is 19.8. The van der Waals surface area contributed by atoms with E-state index in [0.717, 1.165) is 27.6 Å². The van der Waals surface area contributed by atoms with Crippen molar-refractivity contribution in [2.45, 2.75) is 6.54 Å². The topological polar surface area (TPSA) is 127 Å². The fourth-order valence-corrected chi connectivity index (χ4v) is 5.16. The highest BCUT2D eigenvalue weighted by Crippen LogP contribution is 2.34. The Bertz CT molecular complexity index is 1700. The van der Waals surface area contributed by atoms with Crippen molar-refractivity contribution in [2.75, 3.05) is 24.3 Å². The van der Waals surface area contributed by atoms with E-state index in [1.54, 1.807) is 65.4 Å². The SMILES string of the molecule is COC(=O)c1ccc(NC(=O)Cn2cc(/C=C3\SC(=O)N(CC(=O)Nc4ccccc4)C3=O)c3ccccc32)cc1. The van der Waals surface area contributed by atoms with Crippen LogP contribution in [0.25, 0.3) is 17.0 Å². The summed E-state index contributed by atoms with van der Waals surface area (Å²) < 4.78 is 6.43. The molecule has 1 aromatic heterocycles. The van der Waals surface area contributed by atoms with E-state index >= 15 is 0 Å². The molecule has 0 aliphatic carbocycles. The van der Waals surface area contributed by atoms with Gasteiger partial charge in [0.1, 0.15) is 13.1 Å². The number of nitrogens with one attached hydrogen (secondary N) is 2. The molecule has 0 atom stereocenters. The standard InChI is InChI=1S/C30H24N4O6S/c1-40-29(38)19-11-13-22(14-12-19)32-26(35)17-33-16-20(23-9-5-6-10-24(23)33)15-25-28(37)34(30(39)41-25)18-27(36)31-21-7-3-2-4-8-21/h2-16H,17-18H2,1H3,(H,31,36)(H,32,35)/b25-15-. The highest BCUT2D eigenvalue weighted by atomic mass is 32.2. The lowest BCUT2D eigenvalue weighted by atomic mass is 10.1. The molecule has 0 radical (unpaired) electrons. The van der Waals surface area contributed by atoms with Crippen LogP contribution in [0.3, 0.4) is 0 Å². The summed E-state index contributed by atoms with van der Waals surface area (Å²) in [5, 5.41) is 5.73. The monoisotopic (exact) mass is 568 g/mol. The number of ether oxygens (including phenoxy) is 1.